The third-order valence-electron chi connectivity index (χ3n) is 3.86. The van der Waals surface area contributed by atoms with E-state index in [1.807, 2.05) is 0 Å². The first-order chi connectivity index (χ1) is 7.20. The highest BCUT2D eigenvalue weighted by molar-refractivity contribution is 5.80. The van der Waals surface area contributed by atoms with Gasteiger partial charge < -0.3 is 9.80 Å². The number of quaternary nitrogens is 1. The lowest BCUT2D eigenvalue weighted by Gasteiger charge is -2.39. The number of hydrogen-bond acceptors (Lipinski definition) is 1. The van der Waals surface area contributed by atoms with Gasteiger partial charge in [-0.1, -0.05) is 6.92 Å². The van der Waals surface area contributed by atoms with Crippen molar-refractivity contribution in [2.75, 3.05) is 26.7 Å². The van der Waals surface area contributed by atoms with Crippen molar-refractivity contribution in [1.82, 2.24) is 5.32 Å². The molecule has 1 rings (SSSR count). The molecule has 0 aliphatic carbocycles. The SMILES string of the molecule is CCCC(C(=O)NC)[N+]1(CC)CCCC1. The number of nitrogens with zero attached hydrogens (tertiary/aromatic N) is 1. The molecule has 1 unspecified atom stereocenters. The van der Waals surface area contributed by atoms with E-state index >= 15 is 0 Å². The highest BCUT2D eigenvalue weighted by atomic mass is 16.2. The minimum Gasteiger partial charge on any atom is -0.354 e. The number of carbonyl (C=O) groups is 1. The third kappa shape index (κ3) is 2.51. The van der Waals surface area contributed by atoms with Crippen LogP contribution in [0.25, 0.3) is 0 Å². The van der Waals surface area contributed by atoms with Gasteiger partial charge in [0.05, 0.1) is 19.6 Å². The summed E-state index contributed by atoms with van der Waals surface area (Å²) in [5.41, 5.74) is 0. The van der Waals surface area contributed by atoms with Gasteiger partial charge in [-0.25, -0.2) is 0 Å². The van der Waals surface area contributed by atoms with Gasteiger partial charge in [-0.2, -0.15) is 0 Å². The fourth-order valence-corrected chi connectivity index (χ4v) is 2.91. The second-order valence-corrected chi connectivity index (χ2v) is 4.61. The van der Waals surface area contributed by atoms with Crippen LogP contribution in [-0.2, 0) is 4.79 Å². The summed E-state index contributed by atoms with van der Waals surface area (Å²) in [6, 6.07) is 0.187. The van der Waals surface area contributed by atoms with Gasteiger partial charge in [0, 0.05) is 26.3 Å². The second-order valence-electron chi connectivity index (χ2n) is 4.61. The molecule has 0 bridgehead atoms. The number of hydrogen-bond donors (Lipinski definition) is 1. The summed E-state index contributed by atoms with van der Waals surface area (Å²) in [7, 11) is 1.76. The molecule has 0 aromatic carbocycles. The van der Waals surface area contributed by atoms with E-state index in [1.54, 1.807) is 7.05 Å². The molecule has 1 fully saturated rings. The number of amides is 1. The van der Waals surface area contributed by atoms with Crippen LogP contribution in [0.2, 0.25) is 0 Å². The molecule has 1 saturated heterocycles. The van der Waals surface area contributed by atoms with Gasteiger partial charge >= 0.3 is 0 Å². The first kappa shape index (κ1) is 12.5. The van der Waals surface area contributed by atoms with E-state index in [4.69, 9.17) is 0 Å². The van der Waals surface area contributed by atoms with E-state index in [-0.39, 0.29) is 11.9 Å². The van der Waals surface area contributed by atoms with Gasteiger partial charge in [-0.15, -0.1) is 0 Å². The van der Waals surface area contributed by atoms with E-state index in [9.17, 15) is 4.79 Å². The molecule has 0 radical (unpaired) electrons. The molecular weight excluding hydrogens is 188 g/mol. The van der Waals surface area contributed by atoms with E-state index < -0.39 is 0 Å². The summed E-state index contributed by atoms with van der Waals surface area (Å²) in [6.07, 6.45) is 4.68. The van der Waals surface area contributed by atoms with Crippen LogP contribution in [0, 0.1) is 0 Å². The smallest absolute Gasteiger partial charge is 0.278 e. The zero-order valence-corrected chi connectivity index (χ0v) is 10.4. The molecule has 0 spiro atoms. The topological polar surface area (TPSA) is 29.1 Å². The summed E-state index contributed by atoms with van der Waals surface area (Å²) in [5, 5.41) is 2.83. The van der Waals surface area contributed by atoms with Gasteiger partial charge in [0.25, 0.3) is 5.91 Å². The minimum absolute atomic E-state index is 0.187. The zero-order chi connectivity index (χ0) is 11.3. The summed E-state index contributed by atoms with van der Waals surface area (Å²) >= 11 is 0. The maximum absolute atomic E-state index is 11.9. The first-order valence-corrected chi connectivity index (χ1v) is 6.27. The first-order valence-electron chi connectivity index (χ1n) is 6.27. The van der Waals surface area contributed by atoms with Crippen molar-refractivity contribution in [2.24, 2.45) is 0 Å². The minimum atomic E-state index is 0.187. The van der Waals surface area contributed by atoms with Crippen molar-refractivity contribution < 1.29 is 9.28 Å². The number of likely N-dealkylation sites (tertiary alicyclic amines) is 1. The Morgan fingerprint density at radius 2 is 1.93 bits per heavy atom. The van der Waals surface area contributed by atoms with Crippen molar-refractivity contribution in [3.05, 3.63) is 0 Å². The molecular formula is C12H25N2O+. The van der Waals surface area contributed by atoms with Crippen molar-refractivity contribution >= 4 is 5.91 Å². The van der Waals surface area contributed by atoms with Crippen LogP contribution < -0.4 is 5.32 Å². The van der Waals surface area contributed by atoms with Gasteiger partial charge in [0.15, 0.2) is 6.04 Å². The normalized spacial score (nSPS) is 21.3. The molecule has 0 aromatic heterocycles. The largest absolute Gasteiger partial charge is 0.354 e. The number of nitrogens with one attached hydrogen (secondary N) is 1. The summed E-state index contributed by atoms with van der Waals surface area (Å²) in [6.45, 7) is 7.86. The quantitative estimate of drug-likeness (QED) is 0.690. The predicted octanol–water partition coefficient (Wildman–Crippen LogP) is 1.53. The Hall–Kier alpha value is -0.570. The Balaban J connectivity index is 2.79. The highest BCUT2D eigenvalue weighted by Gasteiger charge is 2.41. The van der Waals surface area contributed by atoms with Crippen molar-refractivity contribution in [2.45, 2.75) is 45.6 Å². The molecule has 1 aliphatic heterocycles. The Labute approximate surface area is 93.4 Å². The maximum Gasteiger partial charge on any atom is 0.278 e. The lowest BCUT2D eigenvalue weighted by Crippen LogP contribution is -2.58. The lowest BCUT2D eigenvalue weighted by molar-refractivity contribution is -0.930. The summed E-state index contributed by atoms with van der Waals surface area (Å²) < 4.78 is 1.02. The van der Waals surface area contributed by atoms with Crippen LogP contribution >= 0.6 is 0 Å². The molecule has 0 saturated carbocycles. The molecule has 1 atom stereocenters. The molecule has 3 heteroatoms. The van der Waals surface area contributed by atoms with Crippen LogP contribution in [0.15, 0.2) is 0 Å². The third-order valence-corrected chi connectivity index (χ3v) is 3.86. The Bertz CT molecular complexity index is 210. The summed E-state index contributed by atoms with van der Waals surface area (Å²) in [5.74, 6) is 0.237. The van der Waals surface area contributed by atoms with E-state index in [0.29, 0.717) is 0 Å². The monoisotopic (exact) mass is 213 g/mol. The zero-order valence-electron chi connectivity index (χ0n) is 10.4. The molecule has 1 aliphatic rings. The average Bonchev–Trinajstić information content (AvgIpc) is 2.74. The van der Waals surface area contributed by atoms with Crippen molar-refractivity contribution in [3.63, 3.8) is 0 Å². The predicted molar refractivity (Wildman–Crippen MR) is 62.5 cm³/mol. The number of rotatable bonds is 5. The van der Waals surface area contributed by atoms with Gasteiger partial charge in [-0.3, -0.25) is 4.79 Å². The fraction of sp³-hybridized carbons (Fsp3) is 0.917. The van der Waals surface area contributed by atoms with Crippen LogP contribution in [0.5, 0.6) is 0 Å². The Kier molecular flexibility index (Phi) is 4.58. The second kappa shape index (κ2) is 5.50. The van der Waals surface area contributed by atoms with Gasteiger partial charge in [-0.05, 0) is 13.3 Å². The van der Waals surface area contributed by atoms with E-state index in [0.717, 1.165) is 23.9 Å². The van der Waals surface area contributed by atoms with Gasteiger partial charge in [0.2, 0.25) is 0 Å². The molecule has 15 heavy (non-hydrogen) atoms. The average molecular weight is 213 g/mol. The number of carbonyl (C=O) groups excluding carboxylic acids is 1. The van der Waals surface area contributed by atoms with Gasteiger partial charge in [0.1, 0.15) is 0 Å². The van der Waals surface area contributed by atoms with E-state index in [1.165, 1.54) is 25.9 Å². The molecule has 88 valence electrons. The molecule has 0 aromatic rings. The van der Waals surface area contributed by atoms with Crippen LogP contribution in [0.4, 0.5) is 0 Å². The van der Waals surface area contributed by atoms with Crippen LogP contribution in [0.3, 0.4) is 0 Å². The lowest BCUT2D eigenvalue weighted by atomic mass is 10.1. The fourth-order valence-electron chi connectivity index (χ4n) is 2.91. The summed E-state index contributed by atoms with van der Waals surface area (Å²) in [4.78, 5) is 11.9. The molecule has 1 amide bonds. The molecule has 1 N–H and O–H groups in total. The number of likely N-dealkylation sites (N-methyl/N-ethyl adjacent to an activating group) is 2. The van der Waals surface area contributed by atoms with Crippen molar-refractivity contribution in [1.29, 1.82) is 0 Å². The Morgan fingerprint density at radius 1 is 1.33 bits per heavy atom. The van der Waals surface area contributed by atoms with Crippen LogP contribution in [-0.4, -0.2) is 43.1 Å². The highest BCUT2D eigenvalue weighted by Crippen LogP contribution is 2.26. The van der Waals surface area contributed by atoms with Crippen molar-refractivity contribution in [3.8, 4) is 0 Å². The van der Waals surface area contributed by atoms with Crippen LogP contribution in [0.1, 0.15) is 39.5 Å². The molecule has 1 heterocycles. The maximum atomic E-state index is 11.9. The van der Waals surface area contributed by atoms with E-state index in [2.05, 4.69) is 19.2 Å². The Morgan fingerprint density at radius 3 is 2.33 bits per heavy atom. The standard InChI is InChI=1S/C12H24N2O/c1-4-8-11(12(15)13-3)14(5-2)9-6-7-10-14/h11H,4-10H2,1-3H3/p+1. The molecule has 3 nitrogen and oxygen atoms in total.